The van der Waals surface area contributed by atoms with Crippen LogP contribution in [-0.4, -0.2) is 28.5 Å². The zero-order valence-electron chi connectivity index (χ0n) is 13.3. The second-order valence-electron chi connectivity index (χ2n) is 5.08. The van der Waals surface area contributed by atoms with Crippen molar-refractivity contribution in [1.82, 2.24) is 4.98 Å². The number of aliphatic imine (C=N–C) groups is 2. The standard InChI is InChI=1S/C15H23N3.2BrH.Fe/c1-10(2)16-12(5)14-8-7-9-15(18-14)13(6)17-11(3)4;;;/h7-11H,1-6H3;2*1H;/q;;;+2/p-2. The van der Waals surface area contributed by atoms with Gasteiger partial charge in [-0.2, -0.15) is 0 Å². The average Bonchev–Trinajstić information content (AvgIpc) is 2.38. The van der Waals surface area contributed by atoms with Crippen molar-refractivity contribution in [2.75, 3.05) is 0 Å². The minimum atomic E-state index is 0.292. The van der Waals surface area contributed by atoms with Crippen molar-refractivity contribution in [2.24, 2.45) is 9.98 Å². The Morgan fingerprint density at radius 3 is 1.57 bits per heavy atom. The number of nitrogens with zero attached hydrogens (tertiary/aromatic N) is 3. The Morgan fingerprint density at radius 2 is 1.29 bits per heavy atom. The molecule has 0 saturated carbocycles. The summed E-state index contributed by atoms with van der Waals surface area (Å²) in [4.78, 5) is 13.7. The van der Waals surface area contributed by atoms with Crippen LogP contribution in [0.25, 0.3) is 0 Å². The van der Waals surface area contributed by atoms with Gasteiger partial charge in [-0.25, -0.2) is 4.98 Å². The van der Waals surface area contributed by atoms with Crippen LogP contribution in [0.2, 0.25) is 0 Å². The molecule has 1 aromatic rings. The number of rotatable bonds is 4. The molecule has 3 nitrogen and oxygen atoms in total. The molecule has 0 unspecified atom stereocenters. The molecule has 1 rings (SSSR count). The molecule has 21 heavy (non-hydrogen) atoms. The van der Waals surface area contributed by atoms with E-state index in [0.29, 0.717) is 12.1 Å². The van der Waals surface area contributed by atoms with Crippen molar-refractivity contribution in [2.45, 2.75) is 53.6 Å². The van der Waals surface area contributed by atoms with Crippen LogP contribution in [0.3, 0.4) is 0 Å². The van der Waals surface area contributed by atoms with Crippen LogP contribution in [-0.2, 0) is 11.3 Å². The third-order valence-corrected chi connectivity index (χ3v) is 2.39. The molecule has 0 atom stereocenters. The van der Waals surface area contributed by atoms with Gasteiger partial charge >= 0.3 is 39.6 Å². The fourth-order valence-electron chi connectivity index (χ4n) is 1.74. The summed E-state index contributed by atoms with van der Waals surface area (Å²) in [6, 6.07) is 6.58. The van der Waals surface area contributed by atoms with Crippen LogP contribution in [0.1, 0.15) is 52.9 Å². The monoisotopic (exact) mass is 459 g/mol. The van der Waals surface area contributed by atoms with Gasteiger partial charge in [-0.15, -0.1) is 0 Å². The predicted molar refractivity (Wildman–Crippen MR) is 96.8 cm³/mol. The van der Waals surface area contributed by atoms with E-state index in [0.717, 1.165) is 34.2 Å². The molecule has 1 aromatic heterocycles. The van der Waals surface area contributed by atoms with Gasteiger partial charge in [0.1, 0.15) is 0 Å². The van der Waals surface area contributed by atoms with Crippen LogP contribution < -0.4 is 0 Å². The summed E-state index contributed by atoms with van der Waals surface area (Å²) in [6.07, 6.45) is 0. The van der Waals surface area contributed by atoms with Crippen LogP contribution >= 0.6 is 28.2 Å². The molecule has 0 radical (unpaired) electrons. The number of hydrogen-bond acceptors (Lipinski definition) is 3. The Balaban J connectivity index is 0.00000122. The quantitative estimate of drug-likeness (QED) is 0.449. The predicted octanol–water partition coefficient (Wildman–Crippen LogP) is 5.21. The Kier molecular flexibility index (Phi) is 11.5. The molecule has 6 heteroatoms. The molecule has 0 fully saturated rings. The Hall–Kier alpha value is -0.0305. The van der Waals surface area contributed by atoms with E-state index in [2.05, 4.69) is 70.9 Å². The molecule has 0 aromatic carbocycles. The molecule has 1 heterocycles. The van der Waals surface area contributed by atoms with Gasteiger partial charge in [-0.3, -0.25) is 9.98 Å². The minimum absolute atomic E-state index is 0.292. The molecule has 0 bridgehead atoms. The zero-order chi connectivity index (χ0) is 16.4. The first-order chi connectivity index (χ1) is 9.81. The second-order valence-corrected chi connectivity index (χ2v) is 10.6. The second kappa shape index (κ2) is 11.5. The molecule has 0 aliphatic heterocycles. The molecule has 120 valence electrons. The van der Waals surface area contributed by atoms with E-state index in [-0.39, 0.29) is 0 Å². The summed E-state index contributed by atoms with van der Waals surface area (Å²) in [5.74, 6) is 0. The number of hydrogen-bond donors (Lipinski definition) is 0. The van der Waals surface area contributed by atoms with Crippen LogP contribution in [0.15, 0.2) is 28.2 Å². The summed E-state index contributed by atoms with van der Waals surface area (Å²) in [7, 11) is 0. The summed E-state index contributed by atoms with van der Waals surface area (Å²) in [6.45, 7) is 12.3. The fourth-order valence-corrected chi connectivity index (χ4v) is 1.74. The van der Waals surface area contributed by atoms with Gasteiger partial charge < -0.3 is 0 Å². The first-order valence-electron chi connectivity index (χ1n) is 6.73. The van der Waals surface area contributed by atoms with Gasteiger partial charge in [0.2, 0.25) is 0 Å². The van der Waals surface area contributed by atoms with E-state index in [4.69, 9.17) is 0 Å². The summed E-state index contributed by atoms with van der Waals surface area (Å²) in [5.41, 5.74) is 3.81. The maximum absolute atomic E-state index is 4.62. The van der Waals surface area contributed by atoms with Crippen molar-refractivity contribution >= 4 is 39.6 Å². The fraction of sp³-hybridized carbons (Fsp3) is 0.533. The van der Waals surface area contributed by atoms with E-state index < -0.39 is 0 Å². The molecule has 0 spiro atoms. The average molecular weight is 461 g/mol. The van der Waals surface area contributed by atoms with E-state index in [1.54, 1.807) is 0 Å². The van der Waals surface area contributed by atoms with E-state index >= 15 is 0 Å². The SMILES string of the molecule is CC(=NC(C)C)c1cccc(C(C)=NC(C)C)n1.[Br][Fe][Br]. The van der Waals surface area contributed by atoms with Crippen molar-refractivity contribution in [1.29, 1.82) is 0 Å². The molecule has 0 amide bonds. The third-order valence-electron chi connectivity index (χ3n) is 2.39. The topological polar surface area (TPSA) is 37.6 Å². The first-order valence-corrected chi connectivity index (χ1v) is 12.2. The van der Waals surface area contributed by atoms with Gasteiger partial charge in [0, 0.05) is 12.1 Å². The molecule has 0 aliphatic carbocycles. The van der Waals surface area contributed by atoms with Gasteiger partial charge in [-0.1, -0.05) is 6.07 Å². The summed E-state index contributed by atoms with van der Waals surface area (Å²) >= 11 is 7.00. The van der Waals surface area contributed by atoms with E-state index in [1.165, 1.54) is 0 Å². The Bertz CT molecular complexity index is 446. The normalized spacial score (nSPS) is 12.7. The van der Waals surface area contributed by atoms with Gasteiger partial charge in [0.15, 0.2) is 0 Å². The molecular weight excluding hydrogens is 438 g/mol. The number of aromatic nitrogens is 1. The third kappa shape index (κ3) is 9.56. The van der Waals surface area contributed by atoms with Gasteiger partial charge in [0.05, 0.1) is 22.8 Å². The van der Waals surface area contributed by atoms with Crippen LogP contribution in [0.5, 0.6) is 0 Å². The maximum atomic E-state index is 4.62. The Labute approximate surface area is 148 Å². The summed E-state index contributed by atoms with van der Waals surface area (Å²) in [5, 5.41) is 0. The zero-order valence-corrected chi connectivity index (χ0v) is 17.6. The van der Waals surface area contributed by atoms with Gasteiger partial charge in [0.25, 0.3) is 0 Å². The molecule has 0 saturated heterocycles. The molecule has 0 aliphatic rings. The molecule has 0 N–H and O–H groups in total. The van der Waals surface area contributed by atoms with E-state index in [1.807, 2.05) is 32.0 Å². The van der Waals surface area contributed by atoms with Crippen molar-refractivity contribution in [3.63, 3.8) is 0 Å². The first kappa shape index (κ1) is 21.0. The van der Waals surface area contributed by atoms with Crippen molar-refractivity contribution in [3.05, 3.63) is 29.6 Å². The number of halogens is 2. The van der Waals surface area contributed by atoms with Crippen LogP contribution in [0.4, 0.5) is 0 Å². The van der Waals surface area contributed by atoms with Crippen LogP contribution in [0, 0.1) is 0 Å². The Morgan fingerprint density at radius 1 is 0.952 bits per heavy atom. The van der Waals surface area contributed by atoms with Crippen molar-refractivity contribution in [3.8, 4) is 0 Å². The summed E-state index contributed by atoms with van der Waals surface area (Å²) < 4.78 is 0. The van der Waals surface area contributed by atoms with Crippen molar-refractivity contribution < 1.29 is 11.3 Å². The van der Waals surface area contributed by atoms with Gasteiger partial charge in [-0.05, 0) is 53.7 Å². The van der Waals surface area contributed by atoms with E-state index in [9.17, 15) is 0 Å². The number of pyridine rings is 1. The molecular formula is C15H23Br2FeN3.